The molecule has 0 fully saturated rings. The van der Waals surface area contributed by atoms with Crippen molar-refractivity contribution < 1.29 is 28.9 Å². The summed E-state index contributed by atoms with van der Waals surface area (Å²) in [5.74, 6) is -0.0534. The zero-order valence-electron chi connectivity index (χ0n) is 15.7. The smallest absolute Gasteiger partial charge is 0.341 e. The number of nitrogens with zero attached hydrogens (tertiary/aromatic N) is 2. The van der Waals surface area contributed by atoms with Crippen molar-refractivity contribution in [1.82, 2.24) is 0 Å². The molecule has 8 nitrogen and oxygen atoms in total. The molecule has 0 bridgehead atoms. The maximum absolute atomic E-state index is 12.8. The number of thiocarbonyl (C=S) groups is 1. The third kappa shape index (κ3) is 4.52. The average molecular weight is 414 g/mol. The summed E-state index contributed by atoms with van der Waals surface area (Å²) >= 11 is 5.27. The summed E-state index contributed by atoms with van der Waals surface area (Å²) in [7, 11) is 3.01. The Bertz CT molecular complexity index is 987. The van der Waals surface area contributed by atoms with Crippen LogP contribution in [0, 0.1) is 0 Å². The summed E-state index contributed by atoms with van der Waals surface area (Å²) in [5, 5.41) is 8.91. The van der Waals surface area contributed by atoms with Crippen molar-refractivity contribution >= 4 is 40.6 Å². The van der Waals surface area contributed by atoms with E-state index in [1.807, 2.05) is 0 Å². The number of carbonyl (C=O) groups is 2. The van der Waals surface area contributed by atoms with E-state index >= 15 is 0 Å². The molecule has 1 heterocycles. The summed E-state index contributed by atoms with van der Waals surface area (Å²) in [5.41, 5.74) is 1.65. The van der Waals surface area contributed by atoms with Crippen LogP contribution in [0.3, 0.4) is 0 Å². The van der Waals surface area contributed by atoms with Gasteiger partial charge in [0.25, 0.3) is 5.91 Å². The Kier molecular flexibility index (Phi) is 6.08. The van der Waals surface area contributed by atoms with Gasteiger partial charge in [-0.15, -0.1) is 0 Å². The van der Waals surface area contributed by atoms with Crippen LogP contribution in [-0.2, 0) is 16.0 Å². The summed E-state index contributed by atoms with van der Waals surface area (Å²) in [4.78, 5) is 29.1. The molecule has 2 aromatic carbocycles. The molecule has 0 saturated carbocycles. The molecule has 150 valence electrons. The maximum Gasteiger partial charge on any atom is 0.341 e. The fourth-order valence-electron chi connectivity index (χ4n) is 2.78. The van der Waals surface area contributed by atoms with Crippen molar-refractivity contribution in [3.63, 3.8) is 0 Å². The Morgan fingerprint density at radius 2 is 1.83 bits per heavy atom. The second-order valence-corrected chi connectivity index (χ2v) is 6.39. The highest BCUT2D eigenvalue weighted by Crippen LogP contribution is 2.29. The molecule has 0 spiro atoms. The first-order valence-corrected chi connectivity index (χ1v) is 8.95. The van der Waals surface area contributed by atoms with Gasteiger partial charge in [0.1, 0.15) is 11.5 Å². The Morgan fingerprint density at radius 1 is 1.10 bits per heavy atom. The lowest BCUT2D eigenvalue weighted by Gasteiger charge is -2.15. The molecule has 29 heavy (non-hydrogen) atoms. The van der Waals surface area contributed by atoms with E-state index in [2.05, 4.69) is 4.99 Å². The van der Waals surface area contributed by atoms with Crippen LogP contribution in [0.5, 0.6) is 17.2 Å². The lowest BCUT2D eigenvalue weighted by atomic mass is 10.1. The van der Waals surface area contributed by atoms with Crippen LogP contribution in [-0.4, -0.2) is 48.6 Å². The normalized spacial score (nSPS) is 13.3. The molecule has 0 radical (unpaired) electrons. The van der Waals surface area contributed by atoms with E-state index in [-0.39, 0.29) is 17.4 Å². The highest BCUT2D eigenvalue weighted by Gasteiger charge is 2.31. The van der Waals surface area contributed by atoms with Gasteiger partial charge in [-0.1, -0.05) is 6.07 Å². The van der Waals surface area contributed by atoms with Crippen LogP contribution in [0.2, 0.25) is 0 Å². The van der Waals surface area contributed by atoms with Crippen LogP contribution in [0.4, 0.5) is 5.69 Å². The van der Waals surface area contributed by atoms with E-state index in [9.17, 15) is 9.59 Å². The molecule has 0 aliphatic carbocycles. The van der Waals surface area contributed by atoms with Crippen molar-refractivity contribution in [3.8, 4) is 17.2 Å². The molecule has 9 heteroatoms. The van der Waals surface area contributed by atoms with Gasteiger partial charge in [0.2, 0.25) is 5.11 Å². The SMILES string of the molecule is COc1ccc(N2C(=O)C(Cc3ccc(OCC(=O)O)c(OC)c3)=NC2=S)cc1. The van der Waals surface area contributed by atoms with Crippen LogP contribution in [0.1, 0.15) is 5.56 Å². The predicted molar refractivity (Wildman–Crippen MR) is 110 cm³/mol. The first kappa shape index (κ1) is 20.3. The molecule has 0 saturated heterocycles. The van der Waals surface area contributed by atoms with Crippen molar-refractivity contribution in [1.29, 1.82) is 0 Å². The molecule has 0 aromatic heterocycles. The summed E-state index contributed by atoms with van der Waals surface area (Å²) < 4.78 is 15.6. The average Bonchev–Trinajstić information content (AvgIpc) is 2.99. The Labute approximate surface area is 172 Å². The predicted octanol–water partition coefficient (Wildman–Crippen LogP) is 2.48. The fourth-order valence-corrected chi connectivity index (χ4v) is 3.08. The largest absolute Gasteiger partial charge is 0.497 e. The molecule has 1 amide bonds. The zero-order chi connectivity index (χ0) is 21.0. The number of benzene rings is 2. The quantitative estimate of drug-likeness (QED) is 0.663. The van der Waals surface area contributed by atoms with E-state index in [4.69, 9.17) is 31.5 Å². The van der Waals surface area contributed by atoms with Gasteiger partial charge >= 0.3 is 5.97 Å². The third-order valence-corrected chi connectivity index (χ3v) is 4.43. The topological polar surface area (TPSA) is 97.7 Å². The number of carboxylic acid groups (broad SMARTS) is 1. The molecule has 1 aliphatic heterocycles. The lowest BCUT2D eigenvalue weighted by Crippen LogP contribution is -2.33. The molecule has 0 atom stereocenters. The van der Waals surface area contributed by atoms with Crippen molar-refractivity contribution in [2.24, 2.45) is 4.99 Å². The lowest BCUT2D eigenvalue weighted by molar-refractivity contribution is -0.139. The number of methoxy groups -OCH3 is 2. The number of carboxylic acids is 1. The molecule has 1 N–H and O–H groups in total. The summed E-state index contributed by atoms with van der Waals surface area (Å²) in [6, 6.07) is 11.9. The number of carbonyl (C=O) groups excluding carboxylic acids is 1. The van der Waals surface area contributed by atoms with Crippen molar-refractivity contribution in [2.45, 2.75) is 6.42 Å². The Balaban J connectivity index is 1.76. The van der Waals surface area contributed by atoms with Gasteiger partial charge in [-0.25, -0.2) is 9.79 Å². The van der Waals surface area contributed by atoms with E-state index in [0.717, 1.165) is 5.56 Å². The van der Waals surface area contributed by atoms with E-state index in [1.54, 1.807) is 49.6 Å². The second-order valence-electron chi connectivity index (χ2n) is 6.02. The monoisotopic (exact) mass is 414 g/mol. The maximum atomic E-state index is 12.8. The highest BCUT2D eigenvalue weighted by molar-refractivity contribution is 7.80. The minimum atomic E-state index is -1.09. The van der Waals surface area contributed by atoms with Gasteiger partial charge in [-0.2, -0.15) is 0 Å². The highest BCUT2D eigenvalue weighted by atomic mass is 32.1. The van der Waals surface area contributed by atoms with Crippen LogP contribution in [0.25, 0.3) is 0 Å². The second kappa shape index (κ2) is 8.70. The van der Waals surface area contributed by atoms with Crippen molar-refractivity contribution in [2.75, 3.05) is 25.7 Å². The Morgan fingerprint density at radius 3 is 2.45 bits per heavy atom. The third-order valence-electron chi connectivity index (χ3n) is 4.15. The first-order valence-electron chi connectivity index (χ1n) is 8.54. The number of ether oxygens (including phenoxy) is 3. The van der Waals surface area contributed by atoms with Crippen LogP contribution >= 0.6 is 12.2 Å². The number of rotatable bonds is 8. The molecular formula is C20H18N2O6S. The van der Waals surface area contributed by atoms with E-state index in [1.165, 1.54) is 12.0 Å². The molecule has 2 aromatic rings. The molecule has 0 unspecified atom stereocenters. The van der Waals surface area contributed by atoms with Gasteiger partial charge < -0.3 is 19.3 Å². The number of hydrogen-bond donors (Lipinski definition) is 1. The Hall–Kier alpha value is -3.46. The number of aliphatic carboxylic acids is 1. The molecular weight excluding hydrogens is 396 g/mol. The van der Waals surface area contributed by atoms with Crippen LogP contribution < -0.4 is 19.1 Å². The fraction of sp³-hybridized carbons (Fsp3) is 0.200. The minimum absolute atomic E-state index is 0.170. The van der Waals surface area contributed by atoms with Gasteiger partial charge in [0, 0.05) is 6.42 Å². The number of amides is 1. The summed E-state index contributed by atoms with van der Waals surface area (Å²) in [6.45, 7) is -0.480. The standard InChI is InChI=1S/C20H18N2O6S/c1-26-14-6-4-13(5-7-14)22-19(25)15(21-20(22)29)9-12-3-8-16(17(10-12)27-2)28-11-18(23)24/h3-8,10H,9,11H2,1-2H3,(H,23,24). The van der Waals surface area contributed by atoms with Gasteiger partial charge in [-0.3, -0.25) is 9.69 Å². The van der Waals surface area contributed by atoms with Crippen LogP contribution in [0.15, 0.2) is 47.5 Å². The molecule has 1 aliphatic rings. The van der Waals surface area contributed by atoms with E-state index < -0.39 is 12.6 Å². The summed E-state index contributed by atoms with van der Waals surface area (Å²) in [6.07, 6.45) is 0.237. The van der Waals surface area contributed by atoms with Gasteiger partial charge in [0.15, 0.2) is 18.1 Å². The van der Waals surface area contributed by atoms with Crippen molar-refractivity contribution in [3.05, 3.63) is 48.0 Å². The number of hydrogen-bond acceptors (Lipinski definition) is 6. The zero-order valence-corrected chi connectivity index (χ0v) is 16.6. The first-order chi connectivity index (χ1) is 13.9. The minimum Gasteiger partial charge on any atom is -0.497 e. The molecule has 3 rings (SSSR count). The number of anilines is 1. The van der Waals surface area contributed by atoms with Gasteiger partial charge in [-0.05, 0) is 54.2 Å². The van der Waals surface area contributed by atoms with Gasteiger partial charge in [0.05, 0.1) is 19.9 Å². The van der Waals surface area contributed by atoms with E-state index in [0.29, 0.717) is 28.6 Å². The number of aliphatic imine (C=N–C) groups is 1.